The molecule has 1 atom stereocenters. The smallest absolute Gasteiger partial charge is 0.382 e. The highest BCUT2D eigenvalue weighted by molar-refractivity contribution is 7.89. The van der Waals surface area contributed by atoms with Gasteiger partial charge >= 0.3 is 6.18 Å². The van der Waals surface area contributed by atoms with Crippen molar-refractivity contribution < 1.29 is 26.7 Å². The lowest BCUT2D eigenvalue weighted by molar-refractivity contribution is -0.207. The minimum Gasteiger partial charge on any atom is -0.382 e. The fourth-order valence-electron chi connectivity index (χ4n) is 1.79. The number of hydrogen-bond donors (Lipinski definition) is 1. The quantitative estimate of drug-likeness (QED) is 0.848. The molecular formula is C13H19F3N2O3S. The number of sulfonamides is 1. The van der Waals surface area contributed by atoms with Crippen LogP contribution in [0.2, 0.25) is 0 Å². The molecule has 0 fully saturated rings. The van der Waals surface area contributed by atoms with E-state index in [4.69, 9.17) is 5.11 Å². The van der Waals surface area contributed by atoms with E-state index in [9.17, 15) is 21.6 Å². The van der Waals surface area contributed by atoms with E-state index in [1.54, 1.807) is 6.07 Å². The maximum Gasteiger partial charge on any atom is 0.415 e. The molecule has 1 rings (SSSR count). The van der Waals surface area contributed by atoms with Gasteiger partial charge in [-0.05, 0) is 24.7 Å². The standard InChI is InChI=1S/C13H19F3N2O3S/c1-17(2)22(20,21)11-6-4-5-10(7-11)8-18(3)9-12(19)13(14,15)16/h4-7,12,19H,8-9H2,1-3H3. The number of hydrogen-bond acceptors (Lipinski definition) is 4. The Morgan fingerprint density at radius 3 is 2.32 bits per heavy atom. The van der Waals surface area contributed by atoms with Crippen LogP contribution in [-0.2, 0) is 16.6 Å². The van der Waals surface area contributed by atoms with Crippen LogP contribution in [0.3, 0.4) is 0 Å². The van der Waals surface area contributed by atoms with Gasteiger partial charge in [-0.2, -0.15) is 13.2 Å². The number of alkyl halides is 3. The van der Waals surface area contributed by atoms with Crippen molar-refractivity contribution in [3.63, 3.8) is 0 Å². The number of halogens is 3. The van der Waals surface area contributed by atoms with Crippen LogP contribution >= 0.6 is 0 Å². The Labute approximate surface area is 128 Å². The third-order valence-corrected chi connectivity index (χ3v) is 4.80. The van der Waals surface area contributed by atoms with Crippen molar-refractivity contribution in [2.75, 3.05) is 27.7 Å². The molecule has 0 aromatic heterocycles. The zero-order valence-electron chi connectivity index (χ0n) is 12.5. The van der Waals surface area contributed by atoms with Crippen LogP contribution in [-0.4, -0.2) is 62.7 Å². The predicted molar refractivity (Wildman–Crippen MR) is 75.7 cm³/mol. The molecular weight excluding hydrogens is 321 g/mol. The third-order valence-electron chi connectivity index (χ3n) is 2.99. The van der Waals surface area contributed by atoms with E-state index in [-0.39, 0.29) is 11.4 Å². The van der Waals surface area contributed by atoms with Crippen molar-refractivity contribution in [2.24, 2.45) is 0 Å². The summed E-state index contributed by atoms with van der Waals surface area (Å²) in [6.45, 7) is -0.502. The lowest BCUT2D eigenvalue weighted by Crippen LogP contribution is -2.39. The van der Waals surface area contributed by atoms with Gasteiger partial charge in [-0.25, -0.2) is 12.7 Å². The van der Waals surface area contributed by atoms with Gasteiger partial charge in [0, 0.05) is 27.2 Å². The molecule has 0 amide bonds. The van der Waals surface area contributed by atoms with Crippen molar-refractivity contribution >= 4 is 10.0 Å². The van der Waals surface area contributed by atoms with Gasteiger partial charge in [0.25, 0.3) is 0 Å². The first-order valence-electron chi connectivity index (χ1n) is 6.39. The second kappa shape index (κ2) is 6.95. The largest absolute Gasteiger partial charge is 0.415 e. The highest BCUT2D eigenvalue weighted by Crippen LogP contribution is 2.21. The maximum absolute atomic E-state index is 12.3. The Morgan fingerprint density at radius 1 is 1.23 bits per heavy atom. The summed E-state index contributed by atoms with van der Waals surface area (Å²) in [5.74, 6) is 0. The highest BCUT2D eigenvalue weighted by atomic mass is 32.2. The van der Waals surface area contributed by atoms with Crippen molar-refractivity contribution in [2.45, 2.75) is 23.7 Å². The van der Waals surface area contributed by atoms with Crippen LogP contribution in [0.25, 0.3) is 0 Å². The summed E-state index contributed by atoms with van der Waals surface area (Å²) in [5, 5.41) is 9.02. The van der Waals surface area contributed by atoms with Crippen molar-refractivity contribution in [1.29, 1.82) is 0 Å². The van der Waals surface area contributed by atoms with Crippen LogP contribution in [0.1, 0.15) is 5.56 Å². The molecule has 0 aliphatic carbocycles. The minimum absolute atomic E-state index is 0.0692. The number of likely N-dealkylation sites (N-methyl/N-ethyl adjacent to an activating group) is 1. The highest BCUT2D eigenvalue weighted by Gasteiger charge is 2.38. The van der Waals surface area contributed by atoms with Gasteiger partial charge in [-0.15, -0.1) is 0 Å². The summed E-state index contributed by atoms with van der Waals surface area (Å²) in [4.78, 5) is 1.35. The van der Waals surface area contributed by atoms with E-state index in [0.29, 0.717) is 5.56 Å². The number of aliphatic hydroxyl groups is 1. The second-order valence-corrected chi connectivity index (χ2v) is 7.34. The lowest BCUT2D eigenvalue weighted by atomic mass is 10.2. The summed E-state index contributed by atoms with van der Waals surface area (Å²) in [6, 6.07) is 5.97. The average Bonchev–Trinajstić information content (AvgIpc) is 2.37. The molecule has 0 heterocycles. The summed E-state index contributed by atoms with van der Waals surface area (Å²) in [5.41, 5.74) is 0.541. The predicted octanol–water partition coefficient (Wildman–Crippen LogP) is 1.29. The van der Waals surface area contributed by atoms with Crippen LogP contribution in [0.5, 0.6) is 0 Å². The van der Waals surface area contributed by atoms with Crippen molar-refractivity contribution in [3.8, 4) is 0 Å². The molecule has 22 heavy (non-hydrogen) atoms. The molecule has 0 saturated heterocycles. The van der Waals surface area contributed by atoms with E-state index >= 15 is 0 Å². The van der Waals surface area contributed by atoms with Gasteiger partial charge in [0.2, 0.25) is 10.0 Å². The Bertz CT molecular complexity index is 603. The molecule has 126 valence electrons. The Balaban J connectivity index is 2.84. The van der Waals surface area contributed by atoms with E-state index in [0.717, 1.165) is 4.31 Å². The van der Waals surface area contributed by atoms with Gasteiger partial charge < -0.3 is 5.11 Å². The normalized spacial score (nSPS) is 14.6. The molecule has 1 aromatic carbocycles. The van der Waals surface area contributed by atoms with Gasteiger partial charge in [-0.1, -0.05) is 12.1 Å². The first kappa shape index (κ1) is 18.9. The SMILES string of the molecule is CN(Cc1cccc(S(=O)(=O)N(C)C)c1)CC(O)C(F)(F)F. The average molecular weight is 340 g/mol. The molecule has 0 spiro atoms. The van der Waals surface area contributed by atoms with E-state index in [1.165, 1.54) is 44.2 Å². The molecule has 9 heteroatoms. The summed E-state index contributed by atoms with van der Waals surface area (Å²) in [6.07, 6.45) is -7.11. The van der Waals surface area contributed by atoms with Crippen LogP contribution in [0.15, 0.2) is 29.2 Å². The molecule has 1 unspecified atom stereocenters. The Kier molecular flexibility index (Phi) is 5.96. The first-order valence-corrected chi connectivity index (χ1v) is 7.83. The van der Waals surface area contributed by atoms with E-state index < -0.39 is 28.8 Å². The van der Waals surface area contributed by atoms with Gasteiger partial charge in [0.15, 0.2) is 6.10 Å². The van der Waals surface area contributed by atoms with Gasteiger partial charge in [0.1, 0.15) is 0 Å². The fraction of sp³-hybridized carbons (Fsp3) is 0.538. The number of aliphatic hydroxyl groups excluding tert-OH is 1. The Hall–Kier alpha value is -1.16. The molecule has 0 bridgehead atoms. The summed E-state index contributed by atoms with van der Waals surface area (Å²) >= 11 is 0. The topological polar surface area (TPSA) is 60.9 Å². The molecule has 1 aromatic rings. The van der Waals surface area contributed by atoms with Crippen LogP contribution in [0.4, 0.5) is 13.2 Å². The van der Waals surface area contributed by atoms with Crippen LogP contribution in [0, 0.1) is 0 Å². The number of rotatable bonds is 6. The molecule has 0 aliphatic rings. The summed E-state index contributed by atoms with van der Waals surface area (Å²) in [7, 11) is 0.616. The molecule has 0 radical (unpaired) electrons. The third kappa shape index (κ3) is 4.94. The lowest BCUT2D eigenvalue weighted by Gasteiger charge is -2.22. The molecule has 0 saturated carbocycles. The number of benzene rings is 1. The van der Waals surface area contributed by atoms with E-state index in [1.807, 2.05) is 0 Å². The maximum atomic E-state index is 12.3. The molecule has 1 N–H and O–H groups in total. The monoisotopic (exact) mass is 340 g/mol. The Morgan fingerprint density at radius 2 is 1.82 bits per heavy atom. The minimum atomic E-state index is -4.68. The van der Waals surface area contributed by atoms with Crippen molar-refractivity contribution in [3.05, 3.63) is 29.8 Å². The fourth-order valence-corrected chi connectivity index (χ4v) is 2.76. The van der Waals surface area contributed by atoms with Gasteiger partial charge in [-0.3, -0.25) is 4.90 Å². The van der Waals surface area contributed by atoms with E-state index in [2.05, 4.69) is 0 Å². The van der Waals surface area contributed by atoms with Crippen molar-refractivity contribution in [1.82, 2.24) is 9.21 Å². The zero-order chi connectivity index (χ0) is 17.1. The van der Waals surface area contributed by atoms with Crippen LogP contribution < -0.4 is 0 Å². The zero-order valence-corrected chi connectivity index (χ0v) is 13.3. The number of nitrogens with zero attached hydrogens (tertiary/aromatic N) is 2. The molecule has 0 aliphatic heterocycles. The first-order chi connectivity index (χ1) is 9.94. The summed E-state index contributed by atoms with van der Waals surface area (Å²) < 4.78 is 62.0. The van der Waals surface area contributed by atoms with Gasteiger partial charge in [0.05, 0.1) is 4.90 Å². The second-order valence-electron chi connectivity index (χ2n) is 5.19. The molecule has 5 nitrogen and oxygen atoms in total.